The molecular weight excluding hydrogens is 493 g/mol. The second kappa shape index (κ2) is 9.08. The number of alkyl halides is 3. The monoisotopic (exact) mass is 512 g/mol. The Labute approximate surface area is 207 Å². The Kier molecular flexibility index (Phi) is 5.90. The summed E-state index contributed by atoms with van der Waals surface area (Å²) in [5.41, 5.74) is 0.263. The Morgan fingerprint density at radius 2 is 1.86 bits per heavy atom. The number of nitrogens with zero attached hydrogens (tertiary/aromatic N) is 6. The molecule has 0 radical (unpaired) electrons. The molecule has 190 valence electrons. The summed E-state index contributed by atoms with van der Waals surface area (Å²) in [6, 6.07) is 6.36. The lowest BCUT2D eigenvalue weighted by molar-refractivity contribution is -0.137. The predicted octanol–water partition coefficient (Wildman–Crippen LogP) is 4.48. The van der Waals surface area contributed by atoms with E-state index in [1.54, 1.807) is 30.6 Å². The number of urea groups is 1. The summed E-state index contributed by atoms with van der Waals surface area (Å²) in [6.45, 7) is 1.45. The zero-order valence-corrected chi connectivity index (χ0v) is 19.6. The third-order valence-corrected chi connectivity index (χ3v) is 5.74. The maximum atomic E-state index is 13.1. The quantitative estimate of drug-likeness (QED) is 0.351. The highest BCUT2D eigenvalue weighted by Gasteiger charge is 2.39. The number of anilines is 2. The summed E-state index contributed by atoms with van der Waals surface area (Å²) in [4.78, 5) is 35.6. The highest BCUT2D eigenvalue weighted by Crippen LogP contribution is 2.35. The molecule has 0 bridgehead atoms. The van der Waals surface area contributed by atoms with Crippen LogP contribution in [0.4, 0.5) is 29.3 Å². The Balaban J connectivity index is 1.44. The fraction of sp³-hybridized carbons (Fsp3) is 0.208. The Morgan fingerprint density at radius 1 is 1.05 bits per heavy atom. The van der Waals surface area contributed by atoms with E-state index in [1.807, 2.05) is 6.92 Å². The second-order valence-electron chi connectivity index (χ2n) is 8.02. The number of amides is 3. The van der Waals surface area contributed by atoms with Gasteiger partial charge in [-0.25, -0.2) is 19.2 Å². The minimum Gasteiger partial charge on any atom is -0.480 e. The van der Waals surface area contributed by atoms with Crippen molar-refractivity contribution in [2.45, 2.75) is 19.5 Å². The van der Waals surface area contributed by atoms with E-state index < -0.39 is 30.2 Å². The van der Waals surface area contributed by atoms with E-state index in [-0.39, 0.29) is 11.4 Å². The fourth-order valence-electron chi connectivity index (χ4n) is 3.93. The van der Waals surface area contributed by atoms with Crippen LogP contribution in [0.25, 0.3) is 5.65 Å². The lowest BCUT2D eigenvalue weighted by atomic mass is 10.1. The van der Waals surface area contributed by atoms with Gasteiger partial charge < -0.3 is 9.47 Å². The van der Waals surface area contributed by atoms with E-state index in [9.17, 15) is 22.8 Å². The van der Waals surface area contributed by atoms with Crippen molar-refractivity contribution in [2.24, 2.45) is 0 Å². The van der Waals surface area contributed by atoms with Gasteiger partial charge in [-0.1, -0.05) is 6.92 Å². The average molecular weight is 512 g/mol. The smallest absolute Gasteiger partial charge is 0.417 e. The minimum atomic E-state index is -4.64. The summed E-state index contributed by atoms with van der Waals surface area (Å²) in [7, 11) is 1.48. The van der Waals surface area contributed by atoms with Gasteiger partial charge in [0.05, 0.1) is 30.2 Å². The number of rotatable bonds is 6. The van der Waals surface area contributed by atoms with E-state index in [1.165, 1.54) is 17.7 Å². The number of aromatic nitrogens is 4. The lowest BCUT2D eigenvalue weighted by Gasteiger charge is -2.19. The topological polar surface area (TPSA) is 102 Å². The first-order valence-electron chi connectivity index (χ1n) is 11.1. The van der Waals surface area contributed by atoms with Crippen LogP contribution in [0.3, 0.4) is 0 Å². The minimum absolute atomic E-state index is 0.123. The third kappa shape index (κ3) is 4.39. The van der Waals surface area contributed by atoms with Crippen LogP contribution < -0.4 is 19.3 Å². The van der Waals surface area contributed by atoms with Crippen molar-refractivity contribution in [3.63, 3.8) is 0 Å². The van der Waals surface area contributed by atoms with Crippen molar-refractivity contribution in [2.75, 3.05) is 23.5 Å². The standard InChI is InChI=1S/C24H19F3N6O4/c1-3-14-8-16(4-5-18(14)37-19-10-20(36-2)30-32-7-6-29-22(19)32)33-21(34)13-31(23(33)35)17-9-15(11-28-12-17)24(25,26)27/h4-12H,3,13H2,1-2H3. The largest absolute Gasteiger partial charge is 0.480 e. The number of imidazole rings is 1. The van der Waals surface area contributed by atoms with E-state index in [0.717, 1.165) is 22.1 Å². The lowest BCUT2D eigenvalue weighted by Crippen LogP contribution is -2.33. The molecule has 13 heteroatoms. The summed E-state index contributed by atoms with van der Waals surface area (Å²) in [6.07, 6.45) is 0.832. The van der Waals surface area contributed by atoms with Gasteiger partial charge in [-0.05, 0) is 36.2 Å². The number of halogens is 3. The van der Waals surface area contributed by atoms with E-state index in [0.29, 0.717) is 41.2 Å². The molecule has 3 aromatic heterocycles. The Hall–Kier alpha value is -4.68. The van der Waals surface area contributed by atoms with Crippen LogP contribution in [-0.4, -0.2) is 45.2 Å². The van der Waals surface area contributed by atoms with Crippen LogP contribution >= 0.6 is 0 Å². The zero-order valence-electron chi connectivity index (χ0n) is 19.6. The van der Waals surface area contributed by atoms with Gasteiger partial charge in [0.2, 0.25) is 5.88 Å². The van der Waals surface area contributed by atoms with Crippen molar-refractivity contribution in [3.05, 3.63) is 66.2 Å². The average Bonchev–Trinajstić information content (AvgIpc) is 3.47. The van der Waals surface area contributed by atoms with Crippen LogP contribution in [0, 0.1) is 0 Å². The second-order valence-corrected chi connectivity index (χ2v) is 8.02. The number of benzene rings is 1. The number of aryl methyl sites for hydroxylation is 1. The van der Waals surface area contributed by atoms with Crippen molar-refractivity contribution in [1.82, 2.24) is 19.6 Å². The van der Waals surface area contributed by atoms with Gasteiger partial charge in [-0.3, -0.25) is 14.7 Å². The highest BCUT2D eigenvalue weighted by molar-refractivity contribution is 6.27. The molecule has 1 fully saturated rings. The fourth-order valence-corrected chi connectivity index (χ4v) is 3.93. The van der Waals surface area contributed by atoms with Gasteiger partial charge in [0.1, 0.15) is 12.3 Å². The number of pyridine rings is 1. The number of carbonyl (C=O) groups excluding carboxylic acids is 2. The van der Waals surface area contributed by atoms with E-state index >= 15 is 0 Å². The molecule has 4 heterocycles. The van der Waals surface area contributed by atoms with Crippen molar-refractivity contribution in [1.29, 1.82) is 0 Å². The predicted molar refractivity (Wildman–Crippen MR) is 125 cm³/mol. The number of ether oxygens (including phenoxy) is 2. The molecule has 0 atom stereocenters. The molecule has 0 N–H and O–H groups in total. The van der Waals surface area contributed by atoms with Gasteiger partial charge in [0.25, 0.3) is 5.91 Å². The van der Waals surface area contributed by atoms with Crippen LogP contribution in [0.5, 0.6) is 17.4 Å². The summed E-state index contributed by atoms with van der Waals surface area (Å²) >= 11 is 0. The molecule has 1 aliphatic rings. The van der Waals surface area contributed by atoms with Crippen molar-refractivity contribution < 1.29 is 32.2 Å². The van der Waals surface area contributed by atoms with Gasteiger partial charge in [0, 0.05) is 24.7 Å². The van der Waals surface area contributed by atoms with Crippen LogP contribution in [-0.2, 0) is 17.4 Å². The maximum Gasteiger partial charge on any atom is 0.417 e. The van der Waals surface area contributed by atoms with Crippen molar-refractivity contribution >= 4 is 29.0 Å². The van der Waals surface area contributed by atoms with E-state index in [2.05, 4.69) is 15.1 Å². The number of carbonyl (C=O) groups is 2. The summed E-state index contributed by atoms with van der Waals surface area (Å²) < 4.78 is 52.2. The normalized spacial score (nSPS) is 14.1. The molecule has 0 aliphatic carbocycles. The van der Waals surface area contributed by atoms with Gasteiger partial charge >= 0.3 is 12.2 Å². The molecular formula is C24H19F3N6O4. The summed E-state index contributed by atoms with van der Waals surface area (Å²) in [5.74, 6) is 0.571. The first-order valence-corrected chi connectivity index (χ1v) is 11.1. The number of methoxy groups -OCH3 is 1. The maximum absolute atomic E-state index is 13.1. The molecule has 37 heavy (non-hydrogen) atoms. The molecule has 1 aliphatic heterocycles. The molecule has 0 saturated carbocycles. The van der Waals surface area contributed by atoms with Crippen LogP contribution in [0.1, 0.15) is 18.1 Å². The van der Waals surface area contributed by atoms with Gasteiger partial charge in [-0.15, -0.1) is 5.10 Å². The third-order valence-electron chi connectivity index (χ3n) is 5.74. The first-order chi connectivity index (χ1) is 17.7. The van der Waals surface area contributed by atoms with Gasteiger partial charge in [0.15, 0.2) is 11.4 Å². The SMILES string of the molecule is CCc1cc(N2C(=O)CN(c3cncc(C(F)(F)F)c3)C2=O)ccc1Oc1cc(OC)nn2ccnc12. The molecule has 5 rings (SSSR count). The molecule has 0 unspecified atom stereocenters. The number of fused-ring (bicyclic) bond motifs is 1. The molecule has 0 spiro atoms. The Bertz CT molecular complexity index is 1520. The molecule has 10 nitrogen and oxygen atoms in total. The van der Waals surface area contributed by atoms with Crippen LogP contribution in [0.15, 0.2) is 55.1 Å². The number of hydrogen-bond donors (Lipinski definition) is 0. The summed E-state index contributed by atoms with van der Waals surface area (Å²) in [5, 5.41) is 4.23. The zero-order chi connectivity index (χ0) is 26.3. The molecule has 3 amide bonds. The Morgan fingerprint density at radius 3 is 2.59 bits per heavy atom. The van der Waals surface area contributed by atoms with Gasteiger partial charge in [-0.2, -0.15) is 13.2 Å². The molecule has 4 aromatic rings. The van der Waals surface area contributed by atoms with Crippen molar-refractivity contribution in [3.8, 4) is 17.4 Å². The number of hydrogen-bond acceptors (Lipinski definition) is 7. The number of imide groups is 1. The van der Waals surface area contributed by atoms with Crippen LogP contribution in [0.2, 0.25) is 0 Å². The molecule has 1 saturated heterocycles. The highest BCUT2D eigenvalue weighted by atomic mass is 19.4. The first kappa shape index (κ1) is 24.0. The molecule has 1 aromatic carbocycles. The van der Waals surface area contributed by atoms with E-state index in [4.69, 9.17) is 9.47 Å².